The van der Waals surface area contributed by atoms with Crippen molar-refractivity contribution >= 4 is 22.7 Å². The van der Waals surface area contributed by atoms with Gasteiger partial charge in [0.2, 0.25) is 11.6 Å². The minimum absolute atomic E-state index is 0.0821. The summed E-state index contributed by atoms with van der Waals surface area (Å²) in [7, 11) is 0. The van der Waals surface area contributed by atoms with Gasteiger partial charge in [0.1, 0.15) is 11.5 Å². The lowest BCUT2D eigenvalue weighted by Gasteiger charge is -2.24. The number of amidine groups is 1. The molecule has 1 rings (SSSR count). The van der Waals surface area contributed by atoms with Crippen LogP contribution in [0.15, 0.2) is 22.0 Å². The maximum Gasteiger partial charge on any atom is 0.449 e. The van der Waals surface area contributed by atoms with Crippen LogP contribution in [0.1, 0.15) is 26.3 Å². The van der Waals surface area contributed by atoms with Crippen LogP contribution in [-0.4, -0.2) is 34.0 Å². The molecule has 0 fully saturated rings. The molecule has 0 bridgehead atoms. The molecule has 0 saturated carbocycles. The predicted molar refractivity (Wildman–Crippen MR) is 84.5 cm³/mol. The second-order valence-corrected chi connectivity index (χ2v) is 7.93. The Labute approximate surface area is 148 Å². The van der Waals surface area contributed by atoms with Crippen molar-refractivity contribution in [3.05, 3.63) is 23.5 Å². The van der Waals surface area contributed by atoms with Crippen molar-refractivity contribution in [2.75, 3.05) is 5.75 Å². The number of rotatable bonds is 3. The summed E-state index contributed by atoms with van der Waals surface area (Å²) in [6.07, 6.45) is -9.70. The van der Waals surface area contributed by atoms with Gasteiger partial charge in [-0.25, -0.2) is 9.38 Å². The van der Waals surface area contributed by atoms with Crippen LogP contribution in [0.25, 0.3) is 0 Å². The van der Waals surface area contributed by atoms with Crippen molar-refractivity contribution in [2.45, 2.75) is 50.5 Å². The molecule has 0 heterocycles. The van der Waals surface area contributed by atoms with E-state index in [9.17, 15) is 35.3 Å². The molecule has 0 saturated heterocycles. The third-order valence-corrected chi connectivity index (χ3v) is 4.30. The Morgan fingerprint density at radius 3 is 2.08 bits per heavy atom. The standard InChI is InChI=1S/C15H17F7N2OS/c1-8-5-9(16)10(6-11(8)26(25)7-14(17,18)19)23-12(15(20,21)22)24-13(2,3)4/h5-6H,7H2,1-4H3,(H,23,24). The SMILES string of the molecule is Cc1cc(F)c(/N=C(/NC(C)(C)C)C(F)(F)F)cc1[S+]([O-])CC(F)(F)F. The van der Waals surface area contributed by atoms with Gasteiger partial charge in [-0.3, -0.25) is 0 Å². The Morgan fingerprint density at radius 2 is 1.65 bits per heavy atom. The maximum atomic E-state index is 14.0. The first-order chi connectivity index (χ1) is 11.5. The minimum atomic E-state index is -4.95. The Morgan fingerprint density at radius 1 is 1.12 bits per heavy atom. The van der Waals surface area contributed by atoms with Gasteiger partial charge in [-0.05, 0) is 44.9 Å². The first-order valence-corrected chi connectivity index (χ1v) is 8.51. The van der Waals surface area contributed by atoms with Gasteiger partial charge in [-0.1, -0.05) is 0 Å². The van der Waals surface area contributed by atoms with E-state index in [1.165, 1.54) is 27.7 Å². The molecule has 0 aliphatic rings. The molecule has 11 heteroatoms. The predicted octanol–water partition coefficient (Wildman–Crippen LogP) is 4.78. The van der Waals surface area contributed by atoms with Gasteiger partial charge in [0.25, 0.3) is 0 Å². The van der Waals surface area contributed by atoms with Gasteiger partial charge >= 0.3 is 12.4 Å². The second-order valence-electron chi connectivity index (χ2n) is 6.51. The van der Waals surface area contributed by atoms with Crippen LogP contribution >= 0.6 is 0 Å². The smallest absolute Gasteiger partial charge is 0.449 e. The van der Waals surface area contributed by atoms with Crippen molar-refractivity contribution in [2.24, 2.45) is 4.99 Å². The van der Waals surface area contributed by atoms with Gasteiger partial charge < -0.3 is 9.87 Å². The summed E-state index contributed by atoms with van der Waals surface area (Å²) in [5.74, 6) is -4.39. The molecule has 0 aromatic heterocycles. The number of hydrogen-bond donors (Lipinski definition) is 1. The molecule has 0 radical (unpaired) electrons. The van der Waals surface area contributed by atoms with Crippen molar-refractivity contribution in [3.63, 3.8) is 0 Å². The largest absolute Gasteiger partial charge is 0.611 e. The summed E-state index contributed by atoms with van der Waals surface area (Å²) in [4.78, 5) is 2.75. The molecule has 3 nitrogen and oxygen atoms in total. The topological polar surface area (TPSA) is 47.5 Å². The van der Waals surface area contributed by atoms with Gasteiger partial charge in [-0.2, -0.15) is 26.3 Å². The summed E-state index contributed by atoms with van der Waals surface area (Å²) in [6.45, 7) is 5.47. The van der Waals surface area contributed by atoms with Crippen molar-refractivity contribution < 1.29 is 35.3 Å². The van der Waals surface area contributed by atoms with Crippen molar-refractivity contribution in [1.29, 1.82) is 0 Å². The van der Waals surface area contributed by atoms with Crippen molar-refractivity contribution in [1.82, 2.24) is 5.32 Å². The minimum Gasteiger partial charge on any atom is -0.611 e. The number of alkyl halides is 6. The average Bonchev–Trinajstić information content (AvgIpc) is 2.35. The summed E-state index contributed by atoms with van der Waals surface area (Å²) in [6, 6.07) is 1.34. The third kappa shape index (κ3) is 7.02. The first kappa shape index (κ1) is 22.6. The Kier molecular flexibility index (Phi) is 6.62. The summed E-state index contributed by atoms with van der Waals surface area (Å²) in [5.41, 5.74) is -2.00. The molecule has 0 aliphatic carbocycles. The Hall–Kier alpha value is -1.49. The van der Waals surface area contributed by atoms with Gasteiger partial charge in [0, 0.05) is 17.2 Å². The van der Waals surface area contributed by atoms with Crippen LogP contribution in [-0.2, 0) is 11.2 Å². The van der Waals surface area contributed by atoms with Crippen LogP contribution in [0.4, 0.5) is 36.4 Å². The molecule has 0 aliphatic heterocycles. The van der Waals surface area contributed by atoms with E-state index in [4.69, 9.17) is 0 Å². The fraction of sp³-hybridized carbons (Fsp3) is 0.533. The molecule has 1 aromatic carbocycles. The molecule has 0 spiro atoms. The highest BCUT2D eigenvalue weighted by atomic mass is 32.2. The quantitative estimate of drug-likeness (QED) is 0.340. The van der Waals surface area contributed by atoms with Crippen LogP contribution in [0.3, 0.4) is 0 Å². The number of hydrogen-bond acceptors (Lipinski definition) is 2. The molecule has 1 unspecified atom stereocenters. The van der Waals surface area contributed by atoms with E-state index in [0.29, 0.717) is 12.1 Å². The molecule has 0 amide bonds. The van der Waals surface area contributed by atoms with E-state index < -0.39 is 57.1 Å². The normalized spacial score (nSPS) is 15.2. The maximum absolute atomic E-state index is 14.0. The number of halogens is 7. The number of aliphatic imine (C=N–C) groups is 1. The molecule has 148 valence electrons. The molecular weight excluding hydrogens is 389 g/mol. The second kappa shape index (κ2) is 7.63. The Bertz CT molecular complexity index is 678. The van der Waals surface area contributed by atoms with E-state index in [1.54, 1.807) is 0 Å². The number of benzene rings is 1. The molecule has 1 atom stereocenters. The van der Waals surface area contributed by atoms with Crippen LogP contribution < -0.4 is 5.32 Å². The summed E-state index contributed by atoms with van der Waals surface area (Å²) >= 11 is -2.60. The highest BCUT2D eigenvalue weighted by molar-refractivity contribution is 7.91. The number of nitrogens with zero attached hydrogens (tertiary/aromatic N) is 1. The molecule has 1 aromatic rings. The van der Waals surface area contributed by atoms with E-state index in [0.717, 1.165) is 0 Å². The highest BCUT2D eigenvalue weighted by Gasteiger charge is 2.39. The lowest BCUT2D eigenvalue weighted by atomic mass is 10.1. The zero-order chi connectivity index (χ0) is 20.5. The third-order valence-electron chi connectivity index (χ3n) is 2.78. The van der Waals surface area contributed by atoms with Crippen LogP contribution in [0.5, 0.6) is 0 Å². The molecule has 1 N–H and O–H groups in total. The van der Waals surface area contributed by atoms with Crippen molar-refractivity contribution in [3.8, 4) is 0 Å². The van der Waals surface area contributed by atoms with Crippen LogP contribution in [0, 0.1) is 12.7 Å². The van der Waals surface area contributed by atoms with E-state index >= 15 is 0 Å². The Balaban J connectivity index is 3.40. The first-order valence-electron chi connectivity index (χ1n) is 7.19. The zero-order valence-electron chi connectivity index (χ0n) is 14.3. The number of aryl methyl sites for hydroxylation is 1. The summed E-state index contributed by atoms with van der Waals surface area (Å²) < 4.78 is 102. The zero-order valence-corrected chi connectivity index (χ0v) is 15.1. The van der Waals surface area contributed by atoms with Gasteiger partial charge in [0.15, 0.2) is 4.90 Å². The molecular formula is C15H17F7N2OS. The number of nitrogens with one attached hydrogen (secondary N) is 1. The van der Waals surface area contributed by atoms with Crippen LogP contribution in [0.2, 0.25) is 0 Å². The fourth-order valence-corrected chi connectivity index (χ4v) is 2.95. The lowest BCUT2D eigenvalue weighted by molar-refractivity contribution is -0.106. The van der Waals surface area contributed by atoms with E-state index in [-0.39, 0.29) is 5.56 Å². The molecule has 26 heavy (non-hydrogen) atoms. The van der Waals surface area contributed by atoms with E-state index in [1.807, 2.05) is 0 Å². The summed E-state index contributed by atoms with van der Waals surface area (Å²) in [5, 5.41) is 2.08. The monoisotopic (exact) mass is 406 g/mol. The van der Waals surface area contributed by atoms with E-state index in [2.05, 4.69) is 10.3 Å². The van der Waals surface area contributed by atoms with Gasteiger partial charge in [0.05, 0.1) is 0 Å². The average molecular weight is 406 g/mol. The highest BCUT2D eigenvalue weighted by Crippen LogP contribution is 2.31. The van der Waals surface area contributed by atoms with Gasteiger partial charge in [-0.15, -0.1) is 0 Å². The fourth-order valence-electron chi connectivity index (χ4n) is 1.84. The lowest BCUT2D eigenvalue weighted by Crippen LogP contribution is -2.47.